The van der Waals surface area contributed by atoms with E-state index in [1.807, 2.05) is 0 Å². The van der Waals surface area contributed by atoms with E-state index in [0.717, 1.165) is 0 Å². The Morgan fingerprint density at radius 1 is 1.20 bits per heavy atom. The van der Waals surface area contributed by atoms with Gasteiger partial charge in [0.2, 0.25) is 10.0 Å². The molecule has 1 aromatic carbocycles. The van der Waals surface area contributed by atoms with Gasteiger partial charge in [-0.05, 0) is 18.9 Å². The molecule has 0 radical (unpaired) electrons. The molecule has 0 aromatic heterocycles. The Morgan fingerprint density at radius 2 is 1.70 bits per heavy atom. The summed E-state index contributed by atoms with van der Waals surface area (Å²) in [5, 5.41) is 0. The van der Waals surface area contributed by atoms with Gasteiger partial charge in [0.1, 0.15) is 17.5 Å². The van der Waals surface area contributed by atoms with Crippen LogP contribution in [0.1, 0.15) is 20.3 Å². The lowest BCUT2D eigenvalue weighted by Crippen LogP contribution is -2.40. The summed E-state index contributed by atoms with van der Waals surface area (Å²) >= 11 is 0. The van der Waals surface area contributed by atoms with Crippen molar-refractivity contribution < 1.29 is 21.6 Å². The zero-order chi connectivity index (χ0) is 15.5. The Kier molecular flexibility index (Phi) is 5.55. The normalized spacial score (nSPS) is 13.8. The van der Waals surface area contributed by atoms with Gasteiger partial charge in [-0.3, -0.25) is 0 Å². The zero-order valence-corrected chi connectivity index (χ0v) is 12.0. The Balaban J connectivity index is 3.17. The molecule has 0 saturated heterocycles. The number of hydrogen-bond donors (Lipinski definition) is 2. The predicted molar refractivity (Wildman–Crippen MR) is 68.9 cm³/mol. The minimum Gasteiger partial charge on any atom is -0.330 e. The summed E-state index contributed by atoms with van der Waals surface area (Å²) < 4.78 is 66.1. The van der Waals surface area contributed by atoms with Gasteiger partial charge in [0, 0.05) is 18.2 Å². The lowest BCUT2D eigenvalue weighted by molar-refractivity contribution is 0.423. The molecular weight excluding hydrogens is 293 g/mol. The van der Waals surface area contributed by atoms with Crippen LogP contribution < -0.4 is 10.5 Å². The number of hydrogen-bond acceptors (Lipinski definition) is 3. The average molecular weight is 310 g/mol. The lowest BCUT2D eigenvalue weighted by Gasteiger charge is -2.21. The molecule has 1 rings (SSSR count). The molecule has 0 aliphatic carbocycles. The number of sulfonamides is 1. The molecule has 1 atom stereocenters. The van der Waals surface area contributed by atoms with E-state index in [9.17, 15) is 21.6 Å². The molecule has 8 heteroatoms. The summed E-state index contributed by atoms with van der Waals surface area (Å²) in [7, 11) is -4.43. The third-order valence-corrected chi connectivity index (χ3v) is 4.36. The molecule has 3 N–H and O–H groups in total. The van der Waals surface area contributed by atoms with Crippen LogP contribution in [0.5, 0.6) is 0 Å². The maximum Gasteiger partial charge on any atom is 0.246 e. The van der Waals surface area contributed by atoms with Crippen LogP contribution in [-0.4, -0.2) is 21.0 Å². The van der Waals surface area contributed by atoms with Gasteiger partial charge in [-0.25, -0.2) is 26.3 Å². The highest BCUT2D eigenvalue weighted by atomic mass is 32.2. The van der Waals surface area contributed by atoms with E-state index >= 15 is 0 Å². The van der Waals surface area contributed by atoms with Gasteiger partial charge in [0.05, 0.1) is 0 Å². The van der Waals surface area contributed by atoms with Crippen LogP contribution in [0.3, 0.4) is 0 Å². The fraction of sp³-hybridized carbons (Fsp3) is 0.500. The number of nitrogens with one attached hydrogen (secondary N) is 1. The predicted octanol–water partition coefficient (Wildman–Crippen LogP) is 1.76. The first kappa shape index (κ1) is 16.9. The zero-order valence-electron chi connectivity index (χ0n) is 11.2. The summed E-state index contributed by atoms with van der Waals surface area (Å²) in [4.78, 5) is -1.18. The van der Waals surface area contributed by atoms with Crippen LogP contribution in [0.15, 0.2) is 17.0 Å². The number of nitrogens with two attached hydrogens (primary N) is 1. The number of halogens is 3. The van der Waals surface area contributed by atoms with Gasteiger partial charge < -0.3 is 5.73 Å². The van der Waals surface area contributed by atoms with E-state index in [1.165, 1.54) is 0 Å². The van der Waals surface area contributed by atoms with Gasteiger partial charge in [-0.2, -0.15) is 0 Å². The summed E-state index contributed by atoms with van der Waals surface area (Å²) in [6.07, 6.45) is 0.321. The first-order valence-electron chi connectivity index (χ1n) is 6.06. The minimum absolute atomic E-state index is 0.111. The quantitative estimate of drug-likeness (QED) is 0.841. The van der Waals surface area contributed by atoms with E-state index < -0.39 is 38.4 Å². The molecule has 4 nitrogen and oxygen atoms in total. The van der Waals surface area contributed by atoms with Crippen LogP contribution in [0.25, 0.3) is 0 Å². The third kappa shape index (κ3) is 3.94. The summed E-state index contributed by atoms with van der Waals surface area (Å²) in [6.45, 7) is 3.72. The molecule has 0 amide bonds. The first-order valence-corrected chi connectivity index (χ1v) is 7.54. The van der Waals surface area contributed by atoms with Crippen molar-refractivity contribution in [2.45, 2.75) is 31.2 Å². The van der Waals surface area contributed by atoms with Crippen molar-refractivity contribution in [3.63, 3.8) is 0 Å². The van der Waals surface area contributed by atoms with E-state index in [4.69, 9.17) is 5.73 Å². The molecule has 0 heterocycles. The van der Waals surface area contributed by atoms with Gasteiger partial charge >= 0.3 is 0 Å². The second-order valence-electron chi connectivity index (χ2n) is 4.75. The van der Waals surface area contributed by atoms with Crippen LogP contribution in [-0.2, 0) is 10.0 Å². The Bertz CT molecular complexity index is 553. The van der Waals surface area contributed by atoms with Crippen LogP contribution in [0, 0.1) is 23.4 Å². The molecule has 1 unspecified atom stereocenters. The molecule has 114 valence electrons. The largest absolute Gasteiger partial charge is 0.330 e. The summed E-state index contributed by atoms with van der Waals surface area (Å²) in [6, 6.07) is 0.0875. The van der Waals surface area contributed by atoms with Gasteiger partial charge in [-0.15, -0.1) is 0 Å². The van der Waals surface area contributed by atoms with E-state index in [0.29, 0.717) is 18.6 Å². The average Bonchev–Trinajstić information content (AvgIpc) is 2.25. The summed E-state index contributed by atoms with van der Waals surface area (Å²) in [5.41, 5.74) is 5.37. The Morgan fingerprint density at radius 3 is 2.10 bits per heavy atom. The molecule has 20 heavy (non-hydrogen) atoms. The highest BCUT2D eigenvalue weighted by molar-refractivity contribution is 7.89. The van der Waals surface area contributed by atoms with E-state index in [2.05, 4.69) is 4.72 Å². The lowest BCUT2D eigenvalue weighted by atomic mass is 10.0. The van der Waals surface area contributed by atoms with Crippen LogP contribution in [0.2, 0.25) is 0 Å². The maximum atomic E-state index is 13.5. The smallest absolute Gasteiger partial charge is 0.246 e. The SMILES string of the molecule is CC(C)C(CCN)NS(=O)(=O)c1c(F)cc(F)cc1F. The molecular formula is C12H17F3N2O2S. The van der Waals surface area contributed by atoms with Crippen molar-refractivity contribution in [2.24, 2.45) is 11.7 Å². The third-order valence-electron chi connectivity index (χ3n) is 2.82. The van der Waals surface area contributed by atoms with Crippen LogP contribution in [0.4, 0.5) is 13.2 Å². The fourth-order valence-corrected chi connectivity index (χ4v) is 3.29. The molecule has 1 aromatic rings. The molecule has 0 aliphatic rings. The van der Waals surface area contributed by atoms with Crippen molar-refractivity contribution >= 4 is 10.0 Å². The fourth-order valence-electron chi connectivity index (χ4n) is 1.75. The molecule has 0 bridgehead atoms. The molecule has 0 saturated carbocycles. The van der Waals surface area contributed by atoms with Crippen molar-refractivity contribution in [3.05, 3.63) is 29.6 Å². The maximum absolute atomic E-state index is 13.5. The molecule has 0 aliphatic heterocycles. The van der Waals surface area contributed by atoms with E-state index in [1.54, 1.807) is 13.8 Å². The second-order valence-corrected chi connectivity index (χ2v) is 6.40. The highest BCUT2D eigenvalue weighted by Crippen LogP contribution is 2.21. The van der Waals surface area contributed by atoms with Crippen LogP contribution >= 0.6 is 0 Å². The van der Waals surface area contributed by atoms with Gasteiger partial charge in [0.25, 0.3) is 0 Å². The monoisotopic (exact) mass is 310 g/mol. The highest BCUT2D eigenvalue weighted by Gasteiger charge is 2.28. The molecule has 0 fully saturated rings. The first-order chi connectivity index (χ1) is 9.19. The van der Waals surface area contributed by atoms with Crippen molar-refractivity contribution in [3.8, 4) is 0 Å². The van der Waals surface area contributed by atoms with Crippen molar-refractivity contribution in [1.29, 1.82) is 0 Å². The van der Waals surface area contributed by atoms with Gasteiger partial charge in [0.15, 0.2) is 4.90 Å². The Labute approximate surface area is 116 Å². The number of benzene rings is 1. The Hall–Kier alpha value is -1.12. The van der Waals surface area contributed by atoms with Crippen molar-refractivity contribution in [2.75, 3.05) is 6.54 Å². The van der Waals surface area contributed by atoms with E-state index in [-0.39, 0.29) is 12.5 Å². The second kappa shape index (κ2) is 6.55. The minimum atomic E-state index is -4.43. The van der Waals surface area contributed by atoms with Crippen molar-refractivity contribution in [1.82, 2.24) is 4.72 Å². The summed E-state index contributed by atoms with van der Waals surface area (Å²) in [5.74, 6) is -4.23. The standard InChI is InChI=1S/C12H17F3N2O2S/c1-7(2)11(3-4-16)17-20(18,19)12-9(14)5-8(13)6-10(12)15/h5-7,11,17H,3-4,16H2,1-2H3. The molecule has 0 spiro atoms. The number of rotatable bonds is 6. The van der Waals surface area contributed by atoms with Gasteiger partial charge in [-0.1, -0.05) is 13.8 Å². The topological polar surface area (TPSA) is 72.2 Å².